The van der Waals surface area contributed by atoms with Crippen molar-refractivity contribution in [1.82, 2.24) is 0 Å². The van der Waals surface area contributed by atoms with Crippen LogP contribution in [-0.4, -0.2) is 17.6 Å². The summed E-state index contributed by atoms with van der Waals surface area (Å²) in [4.78, 5) is 0. The highest BCUT2D eigenvalue weighted by atomic mass is 19.3. The zero-order valence-electron chi connectivity index (χ0n) is 5.71. The van der Waals surface area contributed by atoms with Crippen LogP contribution in [0.25, 0.3) is 0 Å². The molecular formula is C7H8F2O2. The third-order valence-corrected chi connectivity index (χ3v) is 1.28. The SMILES string of the molecule is OC(Cc1ccco1)C(F)F. The first-order valence-corrected chi connectivity index (χ1v) is 3.18. The standard InChI is InChI=1S/C7H8F2O2/c8-7(9)6(10)4-5-2-1-3-11-5/h1-3,6-7,10H,4H2. The highest BCUT2D eigenvalue weighted by Gasteiger charge is 2.17. The maximum atomic E-state index is 11.7. The summed E-state index contributed by atoms with van der Waals surface area (Å²) < 4.78 is 28.2. The minimum absolute atomic E-state index is 0.134. The average Bonchev–Trinajstić information content (AvgIpc) is 2.39. The third-order valence-electron chi connectivity index (χ3n) is 1.28. The molecule has 0 spiro atoms. The fourth-order valence-corrected chi connectivity index (χ4v) is 0.724. The minimum atomic E-state index is -2.71. The molecule has 1 aromatic rings. The normalized spacial score (nSPS) is 13.8. The summed E-state index contributed by atoms with van der Waals surface area (Å²) in [7, 11) is 0. The molecule has 0 aliphatic rings. The number of hydrogen-bond donors (Lipinski definition) is 1. The fourth-order valence-electron chi connectivity index (χ4n) is 0.724. The maximum absolute atomic E-state index is 11.7. The molecule has 1 N–H and O–H groups in total. The lowest BCUT2D eigenvalue weighted by Crippen LogP contribution is -2.19. The lowest BCUT2D eigenvalue weighted by Gasteiger charge is -2.05. The Labute approximate surface area is 62.4 Å². The van der Waals surface area contributed by atoms with Crippen molar-refractivity contribution in [1.29, 1.82) is 0 Å². The van der Waals surface area contributed by atoms with Crippen molar-refractivity contribution >= 4 is 0 Å². The second-order valence-corrected chi connectivity index (χ2v) is 2.19. The van der Waals surface area contributed by atoms with Gasteiger partial charge in [-0.2, -0.15) is 0 Å². The topological polar surface area (TPSA) is 33.4 Å². The van der Waals surface area contributed by atoms with E-state index in [9.17, 15) is 8.78 Å². The highest BCUT2D eigenvalue weighted by molar-refractivity contribution is 4.99. The monoisotopic (exact) mass is 162 g/mol. The molecule has 0 aliphatic heterocycles. The van der Waals surface area contributed by atoms with Crippen molar-refractivity contribution in [2.75, 3.05) is 0 Å². The maximum Gasteiger partial charge on any atom is 0.264 e. The molecule has 0 aliphatic carbocycles. The van der Waals surface area contributed by atoms with Gasteiger partial charge >= 0.3 is 0 Å². The van der Waals surface area contributed by atoms with Crippen molar-refractivity contribution in [3.05, 3.63) is 24.2 Å². The first-order chi connectivity index (χ1) is 5.20. The van der Waals surface area contributed by atoms with Crippen LogP contribution in [-0.2, 0) is 6.42 Å². The van der Waals surface area contributed by atoms with E-state index in [0.717, 1.165) is 0 Å². The zero-order valence-corrected chi connectivity index (χ0v) is 5.71. The van der Waals surface area contributed by atoms with Crippen molar-refractivity contribution in [3.63, 3.8) is 0 Å². The van der Waals surface area contributed by atoms with E-state index in [0.29, 0.717) is 5.76 Å². The third kappa shape index (κ3) is 2.31. The zero-order chi connectivity index (χ0) is 8.27. The fraction of sp³-hybridized carbons (Fsp3) is 0.429. The Bertz CT molecular complexity index is 196. The van der Waals surface area contributed by atoms with Crippen LogP contribution in [0.3, 0.4) is 0 Å². The second kappa shape index (κ2) is 3.48. The van der Waals surface area contributed by atoms with Gasteiger partial charge in [-0.1, -0.05) is 0 Å². The summed E-state index contributed by atoms with van der Waals surface area (Å²) in [5.41, 5.74) is 0. The summed E-state index contributed by atoms with van der Waals surface area (Å²) >= 11 is 0. The van der Waals surface area contributed by atoms with E-state index in [4.69, 9.17) is 9.52 Å². The highest BCUT2D eigenvalue weighted by Crippen LogP contribution is 2.09. The van der Waals surface area contributed by atoms with Crippen molar-refractivity contribution < 1.29 is 18.3 Å². The van der Waals surface area contributed by atoms with Crippen LogP contribution in [0.2, 0.25) is 0 Å². The molecule has 0 saturated heterocycles. The van der Waals surface area contributed by atoms with E-state index in [1.165, 1.54) is 6.26 Å². The van der Waals surface area contributed by atoms with Crippen molar-refractivity contribution in [3.8, 4) is 0 Å². The molecule has 1 heterocycles. The van der Waals surface area contributed by atoms with Gasteiger partial charge in [0.05, 0.1) is 6.26 Å². The Balaban J connectivity index is 2.43. The van der Waals surface area contributed by atoms with Gasteiger partial charge < -0.3 is 9.52 Å². The van der Waals surface area contributed by atoms with Crippen LogP contribution in [0.4, 0.5) is 8.78 Å². The largest absolute Gasteiger partial charge is 0.469 e. The number of rotatable bonds is 3. The number of aliphatic hydroxyl groups is 1. The molecule has 1 rings (SSSR count). The molecule has 0 fully saturated rings. The molecule has 1 aromatic heterocycles. The van der Waals surface area contributed by atoms with Gasteiger partial charge in [-0.25, -0.2) is 8.78 Å². The summed E-state index contributed by atoms with van der Waals surface area (Å²) in [5.74, 6) is 0.373. The van der Waals surface area contributed by atoms with Crippen molar-refractivity contribution in [2.45, 2.75) is 19.0 Å². The summed E-state index contributed by atoms with van der Waals surface area (Å²) in [6, 6.07) is 3.14. The van der Waals surface area contributed by atoms with E-state index in [-0.39, 0.29) is 6.42 Å². The molecule has 0 saturated carbocycles. The van der Waals surface area contributed by atoms with Gasteiger partial charge in [0.1, 0.15) is 11.9 Å². The van der Waals surface area contributed by atoms with Crippen LogP contribution in [0.15, 0.2) is 22.8 Å². The predicted octanol–water partition coefficient (Wildman–Crippen LogP) is 1.45. The summed E-state index contributed by atoms with van der Waals surface area (Å²) in [6.07, 6.45) is -3.08. The number of halogens is 2. The number of alkyl halides is 2. The van der Waals surface area contributed by atoms with Gasteiger partial charge in [-0.3, -0.25) is 0 Å². The molecule has 1 atom stereocenters. The van der Waals surface area contributed by atoms with Gasteiger partial charge in [0.2, 0.25) is 0 Å². The molecule has 2 nitrogen and oxygen atoms in total. The van der Waals surface area contributed by atoms with Crippen LogP contribution in [0.1, 0.15) is 5.76 Å². The lowest BCUT2D eigenvalue weighted by molar-refractivity contribution is -0.00621. The molecule has 1 unspecified atom stereocenters. The minimum Gasteiger partial charge on any atom is -0.469 e. The van der Waals surface area contributed by atoms with Crippen LogP contribution < -0.4 is 0 Å². The molecular weight excluding hydrogens is 154 g/mol. The van der Waals surface area contributed by atoms with Gasteiger partial charge in [-0.05, 0) is 12.1 Å². The molecule has 62 valence electrons. The number of furan rings is 1. The molecule has 0 radical (unpaired) electrons. The summed E-state index contributed by atoms with van der Waals surface area (Å²) in [6.45, 7) is 0. The van der Waals surface area contributed by atoms with E-state index in [2.05, 4.69) is 0 Å². The van der Waals surface area contributed by atoms with Crippen LogP contribution >= 0.6 is 0 Å². The lowest BCUT2D eigenvalue weighted by atomic mass is 10.2. The molecule has 11 heavy (non-hydrogen) atoms. The van der Waals surface area contributed by atoms with Gasteiger partial charge in [0.25, 0.3) is 6.43 Å². The number of aliphatic hydroxyl groups excluding tert-OH is 1. The molecule has 0 bridgehead atoms. The first kappa shape index (κ1) is 8.20. The van der Waals surface area contributed by atoms with Gasteiger partial charge in [0.15, 0.2) is 0 Å². The van der Waals surface area contributed by atoms with Crippen LogP contribution in [0.5, 0.6) is 0 Å². The van der Waals surface area contributed by atoms with E-state index in [1.54, 1.807) is 12.1 Å². The van der Waals surface area contributed by atoms with Gasteiger partial charge in [-0.15, -0.1) is 0 Å². The first-order valence-electron chi connectivity index (χ1n) is 3.18. The Hall–Kier alpha value is -0.900. The van der Waals surface area contributed by atoms with E-state index < -0.39 is 12.5 Å². The van der Waals surface area contributed by atoms with Gasteiger partial charge in [0, 0.05) is 6.42 Å². The number of hydrogen-bond acceptors (Lipinski definition) is 2. The van der Waals surface area contributed by atoms with Crippen molar-refractivity contribution in [2.24, 2.45) is 0 Å². The Morgan fingerprint density at radius 3 is 2.73 bits per heavy atom. The Morgan fingerprint density at radius 1 is 1.55 bits per heavy atom. The van der Waals surface area contributed by atoms with Crippen LogP contribution in [0, 0.1) is 0 Å². The quantitative estimate of drug-likeness (QED) is 0.729. The smallest absolute Gasteiger partial charge is 0.264 e. The Kier molecular flexibility index (Phi) is 2.59. The van der Waals surface area contributed by atoms with E-state index in [1.807, 2.05) is 0 Å². The molecule has 4 heteroatoms. The molecule has 0 aromatic carbocycles. The summed E-state index contributed by atoms with van der Waals surface area (Å²) in [5, 5.41) is 8.69. The second-order valence-electron chi connectivity index (χ2n) is 2.19. The Morgan fingerprint density at radius 2 is 2.27 bits per heavy atom. The average molecular weight is 162 g/mol. The predicted molar refractivity (Wildman–Crippen MR) is 34.4 cm³/mol. The van der Waals surface area contributed by atoms with E-state index >= 15 is 0 Å². The molecule has 0 amide bonds.